The minimum absolute atomic E-state index is 0.568. The van der Waals surface area contributed by atoms with E-state index in [9.17, 15) is 0 Å². The molecule has 1 saturated heterocycles. The predicted octanol–water partition coefficient (Wildman–Crippen LogP) is 3.81. The van der Waals surface area contributed by atoms with Gasteiger partial charge in [0.15, 0.2) is 0 Å². The summed E-state index contributed by atoms with van der Waals surface area (Å²) >= 11 is 3.58. The fourth-order valence-corrected chi connectivity index (χ4v) is 3.45. The monoisotopic (exact) mass is 340 g/mol. The Bertz CT molecular complexity index is 438. The largest absolute Gasteiger partial charge is 0.496 e. The fourth-order valence-electron chi connectivity index (χ4n) is 2.92. The van der Waals surface area contributed by atoms with Gasteiger partial charge in [0.05, 0.1) is 11.6 Å². The minimum atomic E-state index is 0.568. The number of hydrogen-bond acceptors (Lipinski definition) is 3. The molecule has 1 aromatic rings. The normalized spacial score (nSPS) is 22.9. The van der Waals surface area contributed by atoms with Crippen LogP contribution in [0.2, 0.25) is 0 Å². The third kappa shape index (κ3) is 3.67. The molecule has 1 aliphatic heterocycles. The zero-order valence-corrected chi connectivity index (χ0v) is 14.2. The topological polar surface area (TPSA) is 24.5 Å². The molecule has 0 spiro atoms. The van der Waals surface area contributed by atoms with Crippen LogP contribution in [0.5, 0.6) is 5.75 Å². The zero-order chi connectivity index (χ0) is 14.5. The van der Waals surface area contributed by atoms with E-state index in [-0.39, 0.29) is 0 Å². The first kappa shape index (κ1) is 15.6. The van der Waals surface area contributed by atoms with Crippen LogP contribution in [-0.4, -0.2) is 32.3 Å². The molecule has 2 rings (SSSR count). The van der Waals surface area contributed by atoms with Gasteiger partial charge in [-0.15, -0.1) is 0 Å². The number of nitrogens with zero attached hydrogens (tertiary/aromatic N) is 1. The number of halogens is 1. The van der Waals surface area contributed by atoms with Crippen molar-refractivity contribution < 1.29 is 4.74 Å². The van der Waals surface area contributed by atoms with Gasteiger partial charge in [0.1, 0.15) is 5.75 Å². The average molecular weight is 341 g/mol. The molecule has 1 aromatic carbocycles. The second-order valence-electron chi connectivity index (χ2n) is 5.54. The van der Waals surface area contributed by atoms with E-state index in [1.165, 1.54) is 24.9 Å². The summed E-state index contributed by atoms with van der Waals surface area (Å²) in [4.78, 5) is 2.49. The molecule has 2 unspecified atom stereocenters. The highest BCUT2D eigenvalue weighted by atomic mass is 79.9. The molecule has 0 aliphatic carbocycles. The van der Waals surface area contributed by atoms with Crippen LogP contribution in [-0.2, 0) is 0 Å². The number of benzene rings is 1. The van der Waals surface area contributed by atoms with E-state index in [1.54, 1.807) is 7.11 Å². The average Bonchev–Trinajstić information content (AvgIpc) is 2.45. The number of methoxy groups -OCH3 is 1. The second-order valence-corrected chi connectivity index (χ2v) is 6.39. The summed E-state index contributed by atoms with van der Waals surface area (Å²) in [6, 6.07) is 7.59. The second kappa shape index (κ2) is 7.32. The lowest BCUT2D eigenvalue weighted by molar-refractivity contribution is 0.368. The molecular formula is C16H25BrN2O. The van der Waals surface area contributed by atoms with Gasteiger partial charge in [-0.1, -0.05) is 6.92 Å². The Labute approximate surface area is 130 Å². The molecule has 20 heavy (non-hydrogen) atoms. The van der Waals surface area contributed by atoms with E-state index in [0.29, 0.717) is 12.1 Å². The molecule has 0 amide bonds. The number of anilines is 1. The van der Waals surface area contributed by atoms with E-state index in [4.69, 9.17) is 4.74 Å². The van der Waals surface area contributed by atoms with Gasteiger partial charge in [-0.25, -0.2) is 0 Å². The standard InChI is InChI=1S/C16H25BrN2O/c1-4-8-18-13-7-9-19(12(2)10-13)14-5-6-16(20-3)15(17)11-14/h5-6,11-13,18H,4,7-10H2,1-3H3. The molecule has 1 N–H and O–H groups in total. The van der Waals surface area contributed by atoms with Crippen molar-refractivity contribution in [1.82, 2.24) is 5.32 Å². The smallest absolute Gasteiger partial charge is 0.133 e. The maximum absolute atomic E-state index is 5.30. The van der Waals surface area contributed by atoms with E-state index in [1.807, 2.05) is 6.07 Å². The van der Waals surface area contributed by atoms with E-state index in [0.717, 1.165) is 23.3 Å². The maximum Gasteiger partial charge on any atom is 0.133 e. The molecule has 1 aliphatic rings. The third-order valence-electron chi connectivity index (χ3n) is 4.03. The quantitative estimate of drug-likeness (QED) is 0.881. The van der Waals surface area contributed by atoms with Crippen LogP contribution in [0.25, 0.3) is 0 Å². The number of piperidine rings is 1. The Kier molecular flexibility index (Phi) is 5.73. The SMILES string of the molecule is CCCNC1CCN(c2ccc(OC)c(Br)c2)C(C)C1. The summed E-state index contributed by atoms with van der Waals surface area (Å²) in [5, 5.41) is 3.65. The van der Waals surface area contributed by atoms with Gasteiger partial charge >= 0.3 is 0 Å². The molecule has 0 radical (unpaired) electrons. The first-order valence-corrected chi connectivity index (χ1v) is 8.28. The molecule has 1 heterocycles. The molecule has 3 nitrogen and oxygen atoms in total. The number of hydrogen-bond donors (Lipinski definition) is 1. The van der Waals surface area contributed by atoms with Crippen molar-refractivity contribution in [1.29, 1.82) is 0 Å². The van der Waals surface area contributed by atoms with E-state index in [2.05, 4.69) is 52.1 Å². The summed E-state index contributed by atoms with van der Waals surface area (Å²) < 4.78 is 6.32. The highest BCUT2D eigenvalue weighted by molar-refractivity contribution is 9.10. The first-order valence-electron chi connectivity index (χ1n) is 7.49. The van der Waals surface area contributed by atoms with Crippen LogP contribution in [0.4, 0.5) is 5.69 Å². The molecule has 0 aromatic heterocycles. The number of nitrogens with one attached hydrogen (secondary N) is 1. The summed E-state index contributed by atoms with van der Waals surface area (Å²) in [6.07, 6.45) is 3.64. The van der Waals surface area contributed by atoms with Crippen LogP contribution in [0.1, 0.15) is 33.1 Å². The van der Waals surface area contributed by atoms with Gasteiger partial charge in [-0.3, -0.25) is 0 Å². The van der Waals surface area contributed by atoms with E-state index >= 15 is 0 Å². The van der Waals surface area contributed by atoms with Crippen molar-refractivity contribution in [3.8, 4) is 5.75 Å². The molecule has 1 fully saturated rings. The van der Waals surface area contributed by atoms with Gasteiger partial charge in [-0.05, 0) is 66.9 Å². The Hall–Kier alpha value is -0.740. The van der Waals surface area contributed by atoms with Crippen molar-refractivity contribution in [3.63, 3.8) is 0 Å². The lowest BCUT2D eigenvalue weighted by atomic mass is 9.97. The lowest BCUT2D eigenvalue weighted by Crippen LogP contribution is -2.47. The summed E-state index contributed by atoms with van der Waals surface area (Å²) in [5.74, 6) is 0.890. The molecule has 2 atom stereocenters. The van der Waals surface area contributed by atoms with Crippen LogP contribution < -0.4 is 15.0 Å². The Morgan fingerprint density at radius 2 is 2.25 bits per heavy atom. The first-order chi connectivity index (χ1) is 9.65. The van der Waals surface area contributed by atoms with Crippen molar-refractivity contribution in [2.24, 2.45) is 0 Å². The maximum atomic E-state index is 5.30. The predicted molar refractivity (Wildman–Crippen MR) is 88.8 cm³/mol. The van der Waals surface area contributed by atoms with Gasteiger partial charge in [0.2, 0.25) is 0 Å². The van der Waals surface area contributed by atoms with Crippen molar-refractivity contribution in [2.75, 3.05) is 25.1 Å². The van der Waals surface area contributed by atoms with Crippen LogP contribution in [0.3, 0.4) is 0 Å². The number of ether oxygens (including phenoxy) is 1. The van der Waals surface area contributed by atoms with Gasteiger partial charge in [0.25, 0.3) is 0 Å². The van der Waals surface area contributed by atoms with Crippen molar-refractivity contribution in [2.45, 2.75) is 45.2 Å². The highest BCUT2D eigenvalue weighted by Crippen LogP contribution is 2.32. The highest BCUT2D eigenvalue weighted by Gasteiger charge is 2.25. The van der Waals surface area contributed by atoms with Crippen LogP contribution >= 0.6 is 15.9 Å². The Balaban J connectivity index is 2.02. The van der Waals surface area contributed by atoms with Crippen molar-refractivity contribution >= 4 is 21.6 Å². The van der Waals surface area contributed by atoms with E-state index < -0.39 is 0 Å². The minimum Gasteiger partial charge on any atom is -0.496 e. The molecule has 112 valence electrons. The van der Waals surface area contributed by atoms with Crippen LogP contribution in [0, 0.1) is 0 Å². The Morgan fingerprint density at radius 3 is 2.85 bits per heavy atom. The van der Waals surface area contributed by atoms with Gasteiger partial charge in [0, 0.05) is 24.3 Å². The Morgan fingerprint density at radius 1 is 1.45 bits per heavy atom. The summed E-state index contributed by atoms with van der Waals surface area (Å²) in [5.41, 5.74) is 1.28. The molecule has 0 bridgehead atoms. The van der Waals surface area contributed by atoms with Gasteiger partial charge < -0.3 is 15.0 Å². The van der Waals surface area contributed by atoms with Crippen molar-refractivity contribution in [3.05, 3.63) is 22.7 Å². The molecular weight excluding hydrogens is 316 g/mol. The lowest BCUT2D eigenvalue weighted by Gasteiger charge is -2.39. The zero-order valence-electron chi connectivity index (χ0n) is 12.7. The summed E-state index contributed by atoms with van der Waals surface area (Å²) in [7, 11) is 1.70. The van der Waals surface area contributed by atoms with Gasteiger partial charge in [-0.2, -0.15) is 0 Å². The fraction of sp³-hybridized carbons (Fsp3) is 0.625. The number of rotatable bonds is 5. The van der Waals surface area contributed by atoms with Crippen LogP contribution in [0.15, 0.2) is 22.7 Å². The molecule has 4 heteroatoms. The summed E-state index contributed by atoms with van der Waals surface area (Å²) in [6.45, 7) is 6.78. The third-order valence-corrected chi connectivity index (χ3v) is 4.65. The molecule has 0 saturated carbocycles.